The number of ether oxygens (including phenoxy) is 1. The molecule has 23 heavy (non-hydrogen) atoms. The van der Waals surface area contributed by atoms with Crippen molar-refractivity contribution in [1.29, 1.82) is 0 Å². The fourth-order valence-electron chi connectivity index (χ4n) is 3.53. The highest BCUT2D eigenvalue weighted by Gasteiger charge is 2.57. The van der Waals surface area contributed by atoms with Gasteiger partial charge in [-0.3, -0.25) is 0 Å². The van der Waals surface area contributed by atoms with Crippen LogP contribution in [-0.2, 0) is 30.3 Å². The van der Waals surface area contributed by atoms with E-state index in [1.807, 2.05) is 0 Å². The predicted molar refractivity (Wildman–Crippen MR) is 84.9 cm³/mol. The number of rotatable bonds is 4. The van der Waals surface area contributed by atoms with Crippen LogP contribution in [0, 0.1) is 0 Å². The summed E-state index contributed by atoms with van der Waals surface area (Å²) in [5.41, 5.74) is -0.154. The van der Waals surface area contributed by atoms with E-state index in [0.717, 1.165) is 6.26 Å². The molecule has 2 aliphatic heterocycles. The molecule has 1 saturated heterocycles. The minimum absolute atomic E-state index is 0.145. The number of benzene rings is 1. The second kappa shape index (κ2) is 5.52. The van der Waals surface area contributed by atoms with Gasteiger partial charge in [-0.1, -0.05) is 18.2 Å². The maximum Gasteiger partial charge on any atom is 0.244 e. The number of nitrogens with zero attached hydrogens (tertiary/aromatic N) is 2. The third-order valence-corrected chi connectivity index (χ3v) is 7.89. The molecule has 0 saturated carbocycles. The van der Waals surface area contributed by atoms with Crippen LogP contribution in [0.4, 0.5) is 0 Å². The zero-order chi connectivity index (χ0) is 16.9. The standard InChI is InChI=1S/C14H20N2O5S2/c1-21-10-9-16-14(7-8-15(11-14)22(2,17)18)12-5-3-4-6-13(12)23(16,19)20/h3-6H,7-11H2,1-2H3. The van der Waals surface area contributed by atoms with E-state index in [4.69, 9.17) is 4.74 Å². The Bertz CT molecular complexity index is 821. The van der Waals surface area contributed by atoms with Crippen LogP contribution < -0.4 is 0 Å². The Kier molecular flexibility index (Phi) is 4.04. The monoisotopic (exact) mass is 360 g/mol. The van der Waals surface area contributed by atoms with E-state index >= 15 is 0 Å². The van der Waals surface area contributed by atoms with Crippen LogP contribution in [-0.4, -0.2) is 65.1 Å². The molecule has 1 spiro atoms. The van der Waals surface area contributed by atoms with Gasteiger partial charge in [-0.15, -0.1) is 0 Å². The van der Waals surface area contributed by atoms with Crippen molar-refractivity contribution >= 4 is 20.0 Å². The van der Waals surface area contributed by atoms with Crippen molar-refractivity contribution in [2.24, 2.45) is 0 Å². The molecule has 2 heterocycles. The van der Waals surface area contributed by atoms with E-state index in [1.54, 1.807) is 24.3 Å². The Hall–Kier alpha value is -1.00. The molecule has 1 aromatic rings. The normalized spacial score (nSPS) is 27.6. The first-order valence-electron chi connectivity index (χ1n) is 7.30. The van der Waals surface area contributed by atoms with Gasteiger partial charge in [0.25, 0.3) is 0 Å². The van der Waals surface area contributed by atoms with Crippen molar-refractivity contribution in [3.05, 3.63) is 29.8 Å². The minimum atomic E-state index is -3.65. The van der Waals surface area contributed by atoms with Crippen LogP contribution >= 0.6 is 0 Å². The topological polar surface area (TPSA) is 84.0 Å². The zero-order valence-corrected chi connectivity index (χ0v) is 14.7. The van der Waals surface area contributed by atoms with Crippen LogP contribution in [0.2, 0.25) is 0 Å². The number of hydrogen-bond donors (Lipinski definition) is 0. The first-order chi connectivity index (χ1) is 10.7. The molecular formula is C14H20N2O5S2. The molecule has 128 valence electrons. The minimum Gasteiger partial charge on any atom is -0.383 e. The van der Waals surface area contributed by atoms with Gasteiger partial charge in [0, 0.05) is 26.7 Å². The van der Waals surface area contributed by atoms with Crippen LogP contribution in [0.1, 0.15) is 12.0 Å². The van der Waals surface area contributed by atoms with Gasteiger partial charge >= 0.3 is 0 Å². The van der Waals surface area contributed by atoms with Crippen LogP contribution in [0.15, 0.2) is 29.2 Å². The summed E-state index contributed by atoms with van der Waals surface area (Å²) in [7, 11) is -5.50. The van der Waals surface area contributed by atoms with Crippen molar-refractivity contribution in [1.82, 2.24) is 8.61 Å². The summed E-state index contributed by atoms with van der Waals surface area (Å²) in [5, 5.41) is 0. The zero-order valence-electron chi connectivity index (χ0n) is 13.1. The lowest BCUT2D eigenvalue weighted by Crippen LogP contribution is -2.47. The summed E-state index contributed by atoms with van der Waals surface area (Å²) in [6.07, 6.45) is 1.60. The van der Waals surface area contributed by atoms with Gasteiger partial charge in [0.05, 0.1) is 23.3 Å². The molecule has 1 fully saturated rings. The molecule has 0 aromatic heterocycles. The largest absolute Gasteiger partial charge is 0.383 e. The van der Waals surface area contributed by atoms with Crippen molar-refractivity contribution < 1.29 is 21.6 Å². The third-order valence-electron chi connectivity index (χ3n) is 4.61. The van der Waals surface area contributed by atoms with Crippen LogP contribution in [0.5, 0.6) is 0 Å². The van der Waals surface area contributed by atoms with Gasteiger partial charge in [0.15, 0.2) is 0 Å². The lowest BCUT2D eigenvalue weighted by atomic mass is 9.89. The highest BCUT2D eigenvalue weighted by molar-refractivity contribution is 7.89. The van der Waals surface area contributed by atoms with Gasteiger partial charge in [-0.05, 0) is 18.1 Å². The van der Waals surface area contributed by atoms with E-state index < -0.39 is 25.6 Å². The van der Waals surface area contributed by atoms with Gasteiger partial charge in [-0.2, -0.15) is 8.61 Å². The molecule has 1 atom stereocenters. The first-order valence-corrected chi connectivity index (χ1v) is 10.6. The van der Waals surface area contributed by atoms with Gasteiger partial charge < -0.3 is 4.74 Å². The number of fused-ring (bicyclic) bond motifs is 2. The molecule has 0 radical (unpaired) electrons. The molecule has 2 aliphatic rings. The Morgan fingerprint density at radius 2 is 2.00 bits per heavy atom. The summed E-state index contributed by atoms with van der Waals surface area (Å²) < 4.78 is 57.4. The molecule has 1 unspecified atom stereocenters. The summed E-state index contributed by atoms with van der Waals surface area (Å²) in [4.78, 5) is 0.270. The van der Waals surface area contributed by atoms with E-state index in [1.165, 1.54) is 15.7 Å². The van der Waals surface area contributed by atoms with Crippen molar-refractivity contribution in [3.63, 3.8) is 0 Å². The summed E-state index contributed by atoms with van der Waals surface area (Å²) in [6.45, 7) is 0.914. The van der Waals surface area contributed by atoms with Crippen molar-refractivity contribution in [2.75, 3.05) is 39.6 Å². The molecule has 7 nitrogen and oxygen atoms in total. The molecule has 0 bridgehead atoms. The van der Waals surface area contributed by atoms with Gasteiger partial charge in [-0.25, -0.2) is 16.8 Å². The Morgan fingerprint density at radius 3 is 2.61 bits per heavy atom. The van der Waals surface area contributed by atoms with E-state index in [9.17, 15) is 16.8 Å². The number of hydrogen-bond acceptors (Lipinski definition) is 5. The second-order valence-electron chi connectivity index (χ2n) is 5.94. The van der Waals surface area contributed by atoms with Crippen molar-refractivity contribution in [3.8, 4) is 0 Å². The molecule has 0 N–H and O–H groups in total. The van der Waals surface area contributed by atoms with E-state index in [0.29, 0.717) is 18.5 Å². The van der Waals surface area contributed by atoms with E-state index in [2.05, 4.69) is 0 Å². The first kappa shape index (κ1) is 16.8. The number of sulfonamides is 2. The summed E-state index contributed by atoms with van der Waals surface area (Å²) in [5.74, 6) is 0. The highest BCUT2D eigenvalue weighted by Crippen LogP contribution is 2.49. The Balaban J connectivity index is 2.13. The lowest BCUT2D eigenvalue weighted by molar-refractivity contribution is 0.135. The molecule has 0 aliphatic carbocycles. The fraction of sp³-hybridized carbons (Fsp3) is 0.571. The van der Waals surface area contributed by atoms with Crippen LogP contribution in [0.3, 0.4) is 0 Å². The summed E-state index contributed by atoms with van der Waals surface area (Å²) in [6, 6.07) is 6.85. The molecule has 1 aromatic carbocycles. The maximum atomic E-state index is 12.9. The summed E-state index contributed by atoms with van der Waals surface area (Å²) >= 11 is 0. The van der Waals surface area contributed by atoms with Crippen LogP contribution in [0.25, 0.3) is 0 Å². The molecule has 3 rings (SSSR count). The lowest BCUT2D eigenvalue weighted by Gasteiger charge is -2.33. The van der Waals surface area contributed by atoms with E-state index in [-0.39, 0.29) is 24.6 Å². The molecule has 0 amide bonds. The smallest absolute Gasteiger partial charge is 0.244 e. The average Bonchev–Trinajstić information content (AvgIpc) is 3.00. The SMILES string of the molecule is COCCN1C2(CCN(S(C)(=O)=O)C2)c2ccccc2S1(=O)=O. The second-order valence-corrected chi connectivity index (χ2v) is 9.76. The highest BCUT2D eigenvalue weighted by atomic mass is 32.2. The average molecular weight is 360 g/mol. The third kappa shape index (κ3) is 2.51. The predicted octanol–water partition coefficient (Wildman–Crippen LogP) is 0.198. The fourth-order valence-corrected chi connectivity index (χ4v) is 6.45. The Labute approximate surface area is 136 Å². The maximum absolute atomic E-state index is 12.9. The molecular weight excluding hydrogens is 340 g/mol. The quantitative estimate of drug-likeness (QED) is 0.766. The molecule has 9 heteroatoms. The Morgan fingerprint density at radius 1 is 1.30 bits per heavy atom. The van der Waals surface area contributed by atoms with Gasteiger partial charge in [0.1, 0.15) is 0 Å². The van der Waals surface area contributed by atoms with Gasteiger partial charge in [0.2, 0.25) is 20.0 Å². The van der Waals surface area contributed by atoms with Crippen molar-refractivity contribution in [2.45, 2.75) is 16.9 Å². The number of methoxy groups -OCH3 is 1.